The molecule has 0 spiro atoms. The van der Waals surface area contributed by atoms with Crippen molar-refractivity contribution in [1.82, 2.24) is 10.4 Å². The van der Waals surface area contributed by atoms with Gasteiger partial charge in [0.05, 0.1) is 9.83 Å². The zero-order valence-corrected chi connectivity index (χ0v) is 17.1. The zero-order chi connectivity index (χ0) is 21.7. The molecule has 30 heavy (non-hydrogen) atoms. The van der Waals surface area contributed by atoms with Gasteiger partial charge in [0.1, 0.15) is 12.4 Å². The lowest BCUT2D eigenvalue weighted by atomic mass is 10.2. The Hall–Kier alpha value is -3.50. The van der Waals surface area contributed by atoms with Gasteiger partial charge in [-0.3, -0.25) is 25.1 Å². The Bertz CT molecular complexity index is 1070. The summed E-state index contributed by atoms with van der Waals surface area (Å²) in [4.78, 5) is 35.7. The van der Waals surface area contributed by atoms with E-state index in [1.54, 1.807) is 36.4 Å². The fourth-order valence-corrected chi connectivity index (χ4v) is 3.64. The minimum absolute atomic E-state index is 0.0392. The van der Waals surface area contributed by atoms with E-state index in [1.165, 1.54) is 18.2 Å². The van der Waals surface area contributed by atoms with E-state index in [2.05, 4.69) is 12.0 Å². The molecule has 1 aliphatic heterocycles. The van der Waals surface area contributed by atoms with Gasteiger partial charge in [-0.2, -0.15) is 5.01 Å². The first-order chi connectivity index (χ1) is 14.4. The molecular formula is C20H15N3O5S2. The number of hydrogen-bond donors (Lipinski definition) is 1. The maximum atomic E-state index is 12.7. The quantitative estimate of drug-likeness (QED) is 0.230. The lowest BCUT2D eigenvalue weighted by Gasteiger charge is -2.15. The normalized spacial score (nSPS) is 14.7. The number of carbonyl (C=O) groups excluding carboxylic acids is 2. The SMILES string of the molecule is C=CCOc1ccc(C=C2SC(=S)N(NC(=O)c3cccc([N+](=O)[O-])c3)C2=O)cc1. The molecule has 0 bridgehead atoms. The average Bonchev–Trinajstić information content (AvgIpc) is 3.00. The number of benzene rings is 2. The number of nitro groups is 1. The van der Waals surface area contributed by atoms with Crippen molar-refractivity contribution in [1.29, 1.82) is 0 Å². The van der Waals surface area contributed by atoms with Crippen molar-refractivity contribution >= 4 is 51.9 Å². The molecule has 0 atom stereocenters. The van der Waals surface area contributed by atoms with Crippen LogP contribution in [-0.4, -0.2) is 32.7 Å². The van der Waals surface area contributed by atoms with Gasteiger partial charge in [-0.1, -0.05) is 42.6 Å². The molecule has 1 heterocycles. The monoisotopic (exact) mass is 441 g/mol. The lowest BCUT2D eigenvalue weighted by molar-refractivity contribution is -0.384. The van der Waals surface area contributed by atoms with Crippen LogP contribution in [0, 0.1) is 10.1 Å². The van der Waals surface area contributed by atoms with E-state index in [0.29, 0.717) is 17.3 Å². The number of ether oxygens (including phenoxy) is 1. The molecule has 2 amide bonds. The van der Waals surface area contributed by atoms with Crippen LogP contribution < -0.4 is 10.2 Å². The summed E-state index contributed by atoms with van der Waals surface area (Å²) in [6.45, 7) is 3.98. The summed E-state index contributed by atoms with van der Waals surface area (Å²) >= 11 is 6.23. The van der Waals surface area contributed by atoms with Crippen LogP contribution in [0.1, 0.15) is 15.9 Å². The van der Waals surface area contributed by atoms with Crippen molar-refractivity contribution in [2.24, 2.45) is 0 Å². The smallest absolute Gasteiger partial charge is 0.285 e. The lowest BCUT2D eigenvalue weighted by Crippen LogP contribution is -2.44. The van der Waals surface area contributed by atoms with Gasteiger partial charge in [0.25, 0.3) is 17.5 Å². The topological polar surface area (TPSA) is 102 Å². The van der Waals surface area contributed by atoms with Gasteiger partial charge in [-0.05, 0) is 42.1 Å². The van der Waals surface area contributed by atoms with Crippen molar-refractivity contribution < 1.29 is 19.2 Å². The molecule has 2 aromatic carbocycles. The Morgan fingerprint density at radius 3 is 2.70 bits per heavy atom. The fourth-order valence-electron chi connectivity index (χ4n) is 2.46. The number of nitrogens with one attached hydrogen (secondary N) is 1. The number of amides is 2. The first kappa shape index (κ1) is 21.2. The molecule has 0 unspecified atom stereocenters. The number of nitro benzene ring substituents is 1. The number of thiocarbonyl (C=S) groups is 1. The Morgan fingerprint density at radius 1 is 1.30 bits per heavy atom. The van der Waals surface area contributed by atoms with Crippen LogP contribution >= 0.6 is 24.0 Å². The molecule has 0 radical (unpaired) electrons. The van der Waals surface area contributed by atoms with E-state index in [4.69, 9.17) is 17.0 Å². The highest BCUT2D eigenvalue weighted by atomic mass is 32.2. The zero-order valence-electron chi connectivity index (χ0n) is 15.4. The van der Waals surface area contributed by atoms with Crippen LogP contribution in [0.2, 0.25) is 0 Å². The third-order valence-electron chi connectivity index (χ3n) is 3.87. The number of carbonyl (C=O) groups is 2. The number of nitrogens with zero attached hydrogens (tertiary/aromatic N) is 2. The highest BCUT2D eigenvalue weighted by Crippen LogP contribution is 2.31. The second kappa shape index (κ2) is 9.33. The van der Waals surface area contributed by atoms with E-state index in [0.717, 1.165) is 28.4 Å². The van der Waals surface area contributed by atoms with Gasteiger partial charge in [-0.15, -0.1) is 0 Å². The molecule has 152 valence electrons. The summed E-state index contributed by atoms with van der Waals surface area (Å²) in [7, 11) is 0. The molecule has 2 aromatic rings. The number of non-ortho nitro benzene ring substituents is 1. The Kier molecular flexibility index (Phi) is 6.60. The van der Waals surface area contributed by atoms with Crippen molar-refractivity contribution in [3.8, 4) is 5.75 Å². The number of hydrazine groups is 1. The second-order valence-corrected chi connectivity index (χ2v) is 7.61. The molecule has 0 aliphatic carbocycles. The maximum Gasteiger partial charge on any atom is 0.285 e. The van der Waals surface area contributed by atoms with Crippen LogP contribution in [0.15, 0.2) is 66.1 Å². The Morgan fingerprint density at radius 2 is 2.03 bits per heavy atom. The summed E-state index contributed by atoms with van der Waals surface area (Å²) in [6.07, 6.45) is 3.29. The van der Waals surface area contributed by atoms with Crippen molar-refractivity contribution in [3.05, 3.63) is 87.3 Å². The molecule has 1 fully saturated rings. The summed E-state index contributed by atoms with van der Waals surface area (Å²) in [5, 5.41) is 11.8. The summed E-state index contributed by atoms with van der Waals surface area (Å²) in [5.41, 5.74) is 2.97. The number of hydrogen-bond acceptors (Lipinski definition) is 7. The highest BCUT2D eigenvalue weighted by Gasteiger charge is 2.34. The third-order valence-corrected chi connectivity index (χ3v) is 5.17. The van der Waals surface area contributed by atoms with E-state index in [9.17, 15) is 19.7 Å². The van der Waals surface area contributed by atoms with E-state index >= 15 is 0 Å². The Labute approximate surface area is 181 Å². The standard InChI is InChI=1S/C20H15N3O5S2/c1-2-10-28-16-8-6-13(7-9-16)11-17-19(25)22(20(29)30-17)21-18(24)14-4-3-5-15(12-14)23(26)27/h2-9,11-12H,1,10H2,(H,21,24). The van der Waals surface area contributed by atoms with Crippen LogP contribution in [0.4, 0.5) is 5.69 Å². The molecule has 10 heteroatoms. The average molecular weight is 441 g/mol. The minimum atomic E-state index is -0.681. The van der Waals surface area contributed by atoms with Gasteiger partial charge in [0.2, 0.25) is 0 Å². The van der Waals surface area contributed by atoms with Crippen LogP contribution in [0.25, 0.3) is 6.08 Å². The summed E-state index contributed by atoms with van der Waals surface area (Å²) in [6, 6.07) is 12.3. The molecule has 1 saturated heterocycles. The molecule has 1 N–H and O–H groups in total. The highest BCUT2D eigenvalue weighted by molar-refractivity contribution is 8.26. The predicted octanol–water partition coefficient (Wildman–Crippen LogP) is 3.71. The van der Waals surface area contributed by atoms with Crippen LogP contribution in [0.5, 0.6) is 5.75 Å². The first-order valence-corrected chi connectivity index (χ1v) is 9.78. The Balaban J connectivity index is 1.72. The summed E-state index contributed by atoms with van der Waals surface area (Å²) < 4.78 is 5.56. The third kappa shape index (κ3) is 4.91. The van der Waals surface area contributed by atoms with Crippen molar-refractivity contribution in [3.63, 3.8) is 0 Å². The van der Waals surface area contributed by atoms with Crippen LogP contribution in [0.3, 0.4) is 0 Å². The van der Waals surface area contributed by atoms with Crippen molar-refractivity contribution in [2.75, 3.05) is 6.61 Å². The maximum absolute atomic E-state index is 12.7. The first-order valence-electron chi connectivity index (χ1n) is 8.56. The van der Waals surface area contributed by atoms with Gasteiger partial charge >= 0.3 is 0 Å². The number of rotatable bonds is 7. The van der Waals surface area contributed by atoms with Gasteiger partial charge in [0.15, 0.2) is 4.32 Å². The van der Waals surface area contributed by atoms with E-state index in [-0.39, 0.29) is 15.6 Å². The van der Waals surface area contributed by atoms with E-state index < -0.39 is 16.7 Å². The fraction of sp³-hybridized carbons (Fsp3) is 0.0500. The second-order valence-electron chi connectivity index (χ2n) is 5.93. The largest absolute Gasteiger partial charge is 0.490 e. The predicted molar refractivity (Wildman–Crippen MR) is 118 cm³/mol. The molecule has 0 saturated carbocycles. The van der Waals surface area contributed by atoms with Crippen LogP contribution in [-0.2, 0) is 4.79 Å². The molecule has 3 rings (SSSR count). The number of thioether (sulfide) groups is 1. The summed E-state index contributed by atoms with van der Waals surface area (Å²) in [5.74, 6) is -0.500. The molecule has 8 nitrogen and oxygen atoms in total. The molecule has 0 aromatic heterocycles. The van der Waals surface area contributed by atoms with Gasteiger partial charge in [-0.25, -0.2) is 0 Å². The minimum Gasteiger partial charge on any atom is -0.490 e. The van der Waals surface area contributed by atoms with Crippen molar-refractivity contribution in [2.45, 2.75) is 0 Å². The van der Waals surface area contributed by atoms with E-state index in [1.807, 2.05) is 0 Å². The van der Waals surface area contributed by atoms with Gasteiger partial charge < -0.3 is 4.74 Å². The molecule has 1 aliphatic rings. The van der Waals surface area contributed by atoms with Gasteiger partial charge in [0, 0.05) is 17.7 Å². The molecular weight excluding hydrogens is 426 g/mol.